The van der Waals surface area contributed by atoms with Crippen LogP contribution in [0.25, 0.3) is 11.3 Å². The zero-order valence-electron chi connectivity index (χ0n) is 20.4. The lowest BCUT2D eigenvalue weighted by Gasteiger charge is -2.26. The van der Waals surface area contributed by atoms with Gasteiger partial charge < -0.3 is 29.5 Å². The molecular weight excluding hydrogens is 478 g/mol. The Morgan fingerprint density at radius 2 is 1.59 bits per heavy atom. The molecule has 0 spiro atoms. The van der Waals surface area contributed by atoms with Gasteiger partial charge in [0, 0.05) is 23.0 Å². The van der Waals surface area contributed by atoms with Crippen molar-refractivity contribution >= 4 is 29.1 Å². The molecule has 0 aliphatic heterocycles. The molecule has 4 rings (SSSR count). The van der Waals surface area contributed by atoms with E-state index < -0.39 is 23.3 Å². The molecule has 37 heavy (non-hydrogen) atoms. The minimum Gasteiger partial charge on any atom is -0.496 e. The van der Waals surface area contributed by atoms with Gasteiger partial charge in [0.15, 0.2) is 18.5 Å². The molecule has 11 heteroatoms. The highest BCUT2D eigenvalue weighted by atomic mass is 16.5. The Morgan fingerprint density at radius 3 is 2.24 bits per heavy atom. The number of hydrogen-bond donors (Lipinski definition) is 3. The third kappa shape index (κ3) is 6.40. The van der Waals surface area contributed by atoms with Crippen molar-refractivity contribution in [2.75, 3.05) is 17.7 Å². The molecule has 3 amide bonds. The second kappa shape index (κ2) is 10.8. The van der Waals surface area contributed by atoms with E-state index in [2.05, 4.69) is 25.9 Å². The third-order valence-electron chi connectivity index (χ3n) is 5.33. The molecule has 0 saturated carbocycles. The molecule has 2 heterocycles. The van der Waals surface area contributed by atoms with Crippen molar-refractivity contribution in [2.24, 2.45) is 0 Å². The van der Waals surface area contributed by atoms with Gasteiger partial charge in [0.1, 0.15) is 5.75 Å². The number of carbonyl (C=O) groups is 3. The number of aromatic nitrogens is 2. The number of hydrogen-bond acceptors (Lipinski definition) is 8. The zero-order chi connectivity index (χ0) is 26.4. The highest BCUT2D eigenvalue weighted by Crippen LogP contribution is 2.32. The van der Waals surface area contributed by atoms with Gasteiger partial charge in [0.2, 0.25) is 5.76 Å². The maximum Gasteiger partial charge on any atom is 0.313 e. The molecular formula is C26H25N5O6. The van der Waals surface area contributed by atoms with Crippen LogP contribution in [0.4, 0.5) is 11.4 Å². The van der Waals surface area contributed by atoms with E-state index in [0.29, 0.717) is 34.9 Å². The topological polar surface area (TPSA) is 149 Å². The standard InChI is InChI=1S/C26H25N5O6/c1-26(2,11-16-4-6-17(7-5-16)29-23(32)22-13-28-15-37-22)31-25(34)24(33)30-18-8-9-19(20(10-18)35-3)21-12-27-14-36-21/h4-10,12-15H,11H2,1-3H3,(H,29,32)(H,30,33)(H,31,34). The van der Waals surface area contributed by atoms with Crippen molar-refractivity contribution in [3.63, 3.8) is 0 Å². The normalized spacial score (nSPS) is 11.0. The molecule has 0 saturated heterocycles. The smallest absolute Gasteiger partial charge is 0.313 e. The molecule has 4 aromatic rings. The van der Waals surface area contributed by atoms with E-state index in [-0.39, 0.29) is 5.76 Å². The van der Waals surface area contributed by atoms with E-state index in [4.69, 9.17) is 13.6 Å². The fraction of sp³-hybridized carbons (Fsp3) is 0.192. The van der Waals surface area contributed by atoms with Gasteiger partial charge in [-0.1, -0.05) is 12.1 Å². The zero-order valence-corrected chi connectivity index (χ0v) is 20.4. The quantitative estimate of drug-likeness (QED) is 0.309. The minimum atomic E-state index is -0.812. The van der Waals surface area contributed by atoms with Crippen molar-refractivity contribution in [3.8, 4) is 17.1 Å². The Kier molecular flexibility index (Phi) is 7.33. The summed E-state index contributed by atoms with van der Waals surface area (Å²) in [5.74, 6) is -0.924. The van der Waals surface area contributed by atoms with Crippen LogP contribution in [0.1, 0.15) is 30.0 Å². The fourth-order valence-corrected chi connectivity index (χ4v) is 3.65. The Bertz CT molecular complexity index is 1380. The summed E-state index contributed by atoms with van der Waals surface area (Å²) in [7, 11) is 1.49. The number of nitrogens with zero attached hydrogens (tertiary/aromatic N) is 2. The second-order valence-electron chi connectivity index (χ2n) is 8.77. The molecule has 3 N–H and O–H groups in total. The lowest BCUT2D eigenvalue weighted by molar-refractivity contribution is -0.137. The second-order valence-corrected chi connectivity index (χ2v) is 8.77. The van der Waals surface area contributed by atoms with Crippen LogP contribution in [0, 0.1) is 0 Å². The summed E-state index contributed by atoms with van der Waals surface area (Å²) in [5.41, 5.74) is 1.80. The predicted octanol–water partition coefficient (Wildman–Crippen LogP) is 3.67. The molecule has 2 aromatic heterocycles. The summed E-state index contributed by atoms with van der Waals surface area (Å²) in [6, 6.07) is 12.1. The molecule has 2 aromatic carbocycles. The number of rotatable bonds is 8. The average Bonchev–Trinajstić information content (AvgIpc) is 3.59. The number of oxazole rings is 2. The summed E-state index contributed by atoms with van der Waals surface area (Å²) in [6.07, 6.45) is 5.82. The first-order chi connectivity index (χ1) is 17.7. The molecule has 0 radical (unpaired) electrons. The first kappa shape index (κ1) is 25.2. The van der Waals surface area contributed by atoms with Crippen LogP contribution >= 0.6 is 0 Å². The van der Waals surface area contributed by atoms with Crippen molar-refractivity contribution < 1.29 is 28.0 Å². The number of carbonyl (C=O) groups excluding carboxylic acids is 3. The average molecular weight is 504 g/mol. The Labute approximate surface area is 212 Å². The summed E-state index contributed by atoms with van der Waals surface area (Å²) in [4.78, 5) is 44.8. The van der Waals surface area contributed by atoms with E-state index in [1.165, 1.54) is 26.1 Å². The lowest BCUT2D eigenvalue weighted by atomic mass is 9.94. The van der Waals surface area contributed by atoms with E-state index >= 15 is 0 Å². The van der Waals surface area contributed by atoms with Crippen molar-refractivity contribution in [1.82, 2.24) is 15.3 Å². The van der Waals surface area contributed by atoms with E-state index in [1.54, 1.807) is 36.5 Å². The van der Waals surface area contributed by atoms with Crippen LogP contribution in [-0.4, -0.2) is 40.3 Å². The Morgan fingerprint density at radius 1 is 0.892 bits per heavy atom. The summed E-state index contributed by atoms with van der Waals surface area (Å²) < 4.78 is 15.6. The molecule has 11 nitrogen and oxygen atoms in total. The molecule has 0 aliphatic rings. The van der Waals surface area contributed by atoms with Crippen LogP contribution in [0.15, 0.2) is 76.5 Å². The summed E-state index contributed by atoms with van der Waals surface area (Å²) in [5, 5.41) is 8.05. The molecule has 0 fully saturated rings. The van der Waals surface area contributed by atoms with Gasteiger partial charge >= 0.3 is 11.8 Å². The molecule has 0 unspecified atom stereocenters. The van der Waals surface area contributed by atoms with Crippen LogP contribution in [0.2, 0.25) is 0 Å². The van der Waals surface area contributed by atoms with Gasteiger partial charge in [-0.05, 0) is 50.1 Å². The van der Waals surface area contributed by atoms with Crippen molar-refractivity contribution in [2.45, 2.75) is 25.8 Å². The molecule has 0 aliphatic carbocycles. The fourth-order valence-electron chi connectivity index (χ4n) is 3.65. The van der Waals surface area contributed by atoms with Gasteiger partial charge in [0.25, 0.3) is 5.91 Å². The van der Waals surface area contributed by atoms with Gasteiger partial charge in [-0.3, -0.25) is 14.4 Å². The van der Waals surface area contributed by atoms with E-state index in [9.17, 15) is 14.4 Å². The number of methoxy groups -OCH3 is 1. The van der Waals surface area contributed by atoms with Crippen LogP contribution in [-0.2, 0) is 16.0 Å². The first-order valence-corrected chi connectivity index (χ1v) is 11.2. The van der Waals surface area contributed by atoms with Crippen LogP contribution < -0.4 is 20.7 Å². The molecule has 0 atom stereocenters. The largest absolute Gasteiger partial charge is 0.496 e. The number of benzene rings is 2. The Balaban J connectivity index is 1.33. The van der Waals surface area contributed by atoms with Crippen LogP contribution in [0.3, 0.4) is 0 Å². The minimum absolute atomic E-state index is 0.107. The van der Waals surface area contributed by atoms with Gasteiger partial charge in [0.05, 0.1) is 25.1 Å². The molecule has 190 valence electrons. The summed E-state index contributed by atoms with van der Waals surface area (Å²) >= 11 is 0. The monoisotopic (exact) mass is 503 g/mol. The van der Waals surface area contributed by atoms with E-state index in [0.717, 1.165) is 5.56 Å². The summed E-state index contributed by atoms with van der Waals surface area (Å²) in [6.45, 7) is 3.62. The molecule has 0 bridgehead atoms. The van der Waals surface area contributed by atoms with Crippen molar-refractivity contribution in [1.29, 1.82) is 0 Å². The number of ether oxygens (including phenoxy) is 1. The van der Waals surface area contributed by atoms with Crippen LogP contribution in [0.5, 0.6) is 5.75 Å². The number of nitrogens with one attached hydrogen (secondary N) is 3. The SMILES string of the molecule is COc1cc(NC(=O)C(=O)NC(C)(C)Cc2ccc(NC(=O)c3cnco3)cc2)ccc1-c1cnco1. The van der Waals surface area contributed by atoms with Crippen molar-refractivity contribution in [3.05, 3.63) is 79.0 Å². The maximum atomic E-state index is 12.6. The van der Waals surface area contributed by atoms with E-state index in [1.807, 2.05) is 26.0 Å². The van der Waals surface area contributed by atoms with Gasteiger partial charge in [-0.15, -0.1) is 0 Å². The highest BCUT2D eigenvalue weighted by Gasteiger charge is 2.25. The predicted molar refractivity (Wildman–Crippen MR) is 134 cm³/mol. The first-order valence-electron chi connectivity index (χ1n) is 11.2. The Hall–Kier alpha value is -4.93. The number of anilines is 2. The lowest BCUT2D eigenvalue weighted by Crippen LogP contribution is -2.49. The third-order valence-corrected chi connectivity index (χ3v) is 5.33. The maximum absolute atomic E-state index is 12.6. The van der Waals surface area contributed by atoms with Gasteiger partial charge in [-0.25, -0.2) is 9.97 Å². The number of amides is 3. The highest BCUT2D eigenvalue weighted by molar-refractivity contribution is 6.39. The van der Waals surface area contributed by atoms with Gasteiger partial charge in [-0.2, -0.15) is 0 Å².